The van der Waals surface area contributed by atoms with E-state index < -0.39 is 5.97 Å². The average Bonchev–Trinajstić information content (AvgIpc) is 3.31. The number of aromatic amines is 1. The number of ether oxygens (including phenoxy) is 1. The summed E-state index contributed by atoms with van der Waals surface area (Å²) >= 11 is 7.12. The van der Waals surface area contributed by atoms with Crippen LogP contribution in [0.5, 0.6) is 0 Å². The van der Waals surface area contributed by atoms with Crippen molar-refractivity contribution in [3.8, 4) is 0 Å². The molecule has 1 aliphatic rings. The number of hydrogen-bond acceptors (Lipinski definition) is 7. The van der Waals surface area contributed by atoms with E-state index in [9.17, 15) is 14.7 Å². The van der Waals surface area contributed by atoms with Gasteiger partial charge in [0.1, 0.15) is 4.88 Å². The van der Waals surface area contributed by atoms with Gasteiger partial charge in [0.25, 0.3) is 5.91 Å². The Morgan fingerprint density at radius 1 is 1.52 bits per heavy atom. The number of halogens is 1. The lowest BCUT2D eigenvalue weighted by atomic mass is 10.0. The fraction of sp³-hybridized carbons (Fsp3) is 0.444. The summed E-state index contributed by atoms with van der Waals surface area (Å²) in [5.41, 5.74) is 1.06. The number of carbonyl (C=O) groups is 2. The summed E-state index contributed by atoms with van der Waals surface area (Å²) < 4.78 is 5.58. The van der Waals surface area contributed by atoms with Crippen LogP contribution < -0.4 is 10.2 Å². The molecular formula is C18H22ClN5O4S. The lowest BCUT2D eigenvalue weighted by Crippen LogP contribution is -2.55. The lowest BCUT2D eigenvalue weighted by Gasteiger charge is -2.37. The number of carbonyl (C=O) groups excluding carboxylic acids is 1. The van der Waals surface area contributed by atoms with Crippen LogP contribution in [0.1, 0.15) is 45.0 Å². The highest BCUT2D eigenvalue weighted by Crippen LogP contribution is 2.30. The van der Waals surface area contributed by atoms with Crippen LogP contribution in [0.3, 0.4) is 0 Å². The molecule has 3 N–H and O–H groups in total. The van der Waals surface area contributed by atoms with Crippen LogP contribution in [-0.2, 0) is 11.2 Å². The molecule has 2 atom stereocenters. The van der Waals surface area contributed by atoms with Gasteiger partial charge in [0.2, 0.25) is 0 Å². The van der Waals surface area contributed by atoms with E-state index >= 15 is 0 Å². The third-order valence-electron chi connectivity index (χ3n) is 4.78. The van der Waals surface area contributed by atoms with Crippen molar-refractivity contribution >= 4 is 46.0 Å². The van der Waals surface area contributed by atoms with E-state index in [1.165, 1.54) is 6.08 Å². The van der Waals surface area contributed by atoms with Crippen molar-refractivity contribution in [3.63, 3.8) is 0 Å². The maximum atomic E-state index is 12.5. The summed E-state index contributed by atoms with van der Waals surface area (Å²) in [4.78, 5) is 37.4. The largest absolute Gasteiger partial charge is 0.477 e. The third-order valence-corrected chi connectivity index (χ3v) is 6.21. The van der Waals surface area contributed by atoms with Crippen molar-refractivity contribution in [3.05, 3.63) is 33.8 Å². The van der Waals surface area contributed by atoms with Crippen molar-refractivity contribution < 1.29 is 19.4 Å². The molecule has 156 valence electrons. The molecule has 1 saturated heterocycles. The fourth-order valence-corrected chi connectivity index (χ4v) is 4.42. The number of anilines is 1. The van der Waals surface area contributed by atoms with Gasteiger partial charge in [0.05, 0.1) is 23.5 Å². The number of rotatable bonds is 7. The normalized spacial score (nSPS) is 19.2. The quantitative estimate of drug-likeness (QED) is 0.605. The summed E-state index contributed by atoms with van der Waals surface area (Å²) in [6.07, 6.45) is 2.39. The third kappa shape index (κ3) is 4.44. The molecule has 0 unspecified atom stereocenters. The van der Waals surface area contributed by atoms with Crippen LogP contribution in [0.2, 0.25) is 5.15 Å². The van der Waals surface area contributed by atoms with E-state index in [0.29, 0.717) is 47.6 Å². The minimum Gasteiger partial charge on any atom is -0.477 e. The van der Waals surface area contributed by atoms with Gasteiger partial charge in [0.15, 0.2) is 16.1 Å². The monoisotopic (exact) mass is 439 g/mol. The Labute approximate surface area is 176 Å². The molecule has 29 heavy (non-hydrogen) atoms. The first kappa shape index (κ1) is 21.3. The molecule has 9 nitrogen and oxygen atoms in total. The number of piperidine rings is 1. The summed E-state index contributed by atoms with van der Waals surface area (Å²) in [7, 11) is 1.58. The first-order valence-corrected chi connectivity index (χ1v) is 10.3. The number of nitrogens with zero attached hydrogens (tertiary/aromatic N) is 3. The molecule has 3 heterocycles. The van der Waals surface area contributed by atoms with E-state index in [1.54, 1.807) is 7.11 Å². The second kappa shape index (κ2) is 8.93. The number of H-pyrrole nitrogens is 1. The van der Waals surface area contributed by atoms with Gasteiger partial charge >= 0.3 is 5.97 Å². The SMILES string of the molecule is C=Cc1nc(N2CC[C@@H](NC(=O)c3nc(Cl)c(CC)[nH]3)[C@@H](OC)C2)sc1C(=O)O. The topological polar surface area (TPSA) is 120 Å². The Hall–Kier alpha value is -2.43. The Kier molecular flexibility index (Phi) is 6.56. The number of methoxy groups -OCH3 is 1. The maximum Gasteiger partial charge on any atom is 0.348 e. The van der Waals surface area contributed by atoms with Crippen LogP contribution in [0, 0.1) is 0 Å². The number of aromatic nitrogens is 3. The number of thiazole rings is 1. The Balaban J connectivity index is 1.70. The zero-order chi connectivity index (χ0) is 21.1. The standard InChI is InChI=1S/C18H22ClN5O4S/c1-4-9-13(17(26)27)29-18(22-9)24-7-6-11(12(8-24)28-3)21-16(25)15-20-10(5-2)14(19)23-15/h4,11-12H,1,5-8H2,2-3H3,(H,20,23)(H,21,25)(H,26,27)/t11-,12+/m1/s1. The zero-order valence-electron chi connectivity index (χ0n) is 16.1. The zero-order valence-corrected chi connectivity index (χ0v) is 17.6. The number of hydrogen-bond donors (Lipinski definition) is 3. The van der Waals surface area contributed by atoms with Gasteiger partial charge in [-0.3, -0.25) is 4.79 Å². The van der Waals surface area contributed by atoms with Crippen LogP contribution in [0.15, 0.2) is 6.58 Å². The van der Waals surface area contributed by atoms with Crippen LogP contribution >= 0.6 is 22.9 Å². The predicted octanol–water partition coefficient (Wildman–Crippen LogP) is 2.45. The molecule has 0 spiro atoms. The number of amides is 1. The number of carboxylic acids is 1. The van der Waals surface area contributed by atoms with Crippen LogP contribution in [-0.4, -0.2) is 64.3 Å². The molecule has 1 amide bonds. The smallest absolute Gasteiger partial charge is 0.348 e. The number of imidazole rings is 1. The Bertz CT molecular complexity index is 927. The van der Waals surface area contributed by atoms with Crippen molar-refractivity contribution in [2.45, 2.75) is 31.9 Å². The maximum absolute atomic E-state index is 12.5. The van der Waals surface area contributed by atoms with Gasteiger partial charge in [-0.15, -0.1) is 0 Å². The average molecular weight is 440 g/mol. The molecule has 0 bridgehead atoms. The molecule has 11 heteroatoms. The molecule has 0 aromatic carbocycles. The highest BCUT2D eigenvalue weighted by molar-refractivity contribution is 7.17. The van der Waals surface area contributed by atoms with Gasteiger partial charge in [0, 0.05) is 20.2 Å². The number of carboxylic acid groups (broad SMARTS) is 1. The fourth-order valence-electron chi connectivity index (χ4n) is 3.21. The number of nitrogens with one attached hydrogen (secondary N) is 2. The number of aromatic carboxylic acids is 1. The van der Waals surface area contributed by atoms with Crippen LogP contribution in [0.25, 0.3) is 6.08 Å². The molecule has 2 aromatic rings. The first-order chi connectivity index (χ1) is 13.9. The van der Waals surface area contributed by atoms with Crippen LogP contribution in [0.4, 0.5) is 5.13 Å². The van der Waals surface area contributed by atoms with Crippen molar-refractivity contribution in [1.29, 1.82) is 0 Å². The summed E-state index contributed by atoms with van der Waals surface area (Å²) in [5.74, 6) is -1.20. The molecular weight excluding hydrogens is 418 g/mol. The molecule has 2 aromatic heterocycles. The number of aryl methyl sites for hydroxylation is 1. The second-order valence-corrected chi connectivity index (χ2v) is 7.85. The van der Waals surface area contributed by atoms with Gasteiger partial charge in [-0.25, -0.2) is 14.8 Å². The van der Waals surface area contributed by atoms with Gasteiger partial charge < -0.3 is 25.0 Å². The van der Waals surface area contributed by atoms with Gasteiger partial charge in [-0.1, -0.05) is 36.4 Å². The highest BCUT2D eigenvalue weighted by atomic mass is 35.5. The van der Waals surface area contributed by atoms with E-state index in [-0.39, 0.29) is 28.8 Å². The van der Waals surface area contributed by atoms with Crippen molar-refractivity contribution in [2.24, 2.45) is 0 Å². The Morgan fingerprint density at radius 2 is 2.28 bits per heavy atom. The molecule has 0 aliphatic carbocycles. The molecule has 1 aliphatic heterocycles. The minimum absolute atomic E-state index is 0.154. The van der Waals surface area contributed by atoms with E-state index in [4.69, 9.17) is 16.3 Å². The summed E-state index contributed by atoms with van der Waals surface area (Å²) in [6, 6.07) is -0.226. The summed E-state index contributed by atoms with van der Waals surface area (Å²) in [6.45, 7) is 6.60. The van der Waals surface area contributed by atoms with Gasteiger partial charge in [-0.05, 0) is 18.9 Å². The highest BCUT2D eigenvalue weighted by Gasteiger charge is 2.33. The van der Waals surface area contributed by atoms with E-state index in [2.05, 4.69) is 26.8 Å². The Morgan fingerprint density at radius 3 is 2.83 bits per heavy atom. The van der Waals surface area contributed by atoms with Crippen molar-refractivity contribution in [1.82, 2.24) is 20.3 Å². The van der Waals surface area contributed by atoms with Gasteiger partial charge in [-0.2, -0.15) is 0 Å². The second-order valence-electron chi connectivity index (χ2n) is 6.52. The first-order valence-electron chi connectivity index (χ1n) is 9.07. The molecule has 0 saturated carbocycles. The molecule has 0 radical (unpaired) electrons. The predicted molar refractivity (Wildman–Crippen MR) is 111 cm³/mol. The van der Waals surface area contributed by atoms with E-state index in [0.717, 1.165) is 11.3 Å². The van der Waals surface area contributed by atoms with E-state index in [1.807, 2.05) is 11.8 Å². The minimum atomic E-state index is -1.03. The molecule has 1 fully saturated rings. The summed E-state index contributed by atoms with van der Waals surface area (Å²) in [5, 5.41) is 13.1. The van der Waals surface area contributed by atoms with Crippen molar-refractivity contribution in [2.75, 3.05) is 25.1 Å². The molecule has 3 rings (SSSR count). The lowest BCUT2D eigenvalue weighted by molar-refractivity contribution is 0.0538.